The number of thiophene rings is 1. The van der Waals surface area contributed by atoms with Gasteiger partial charge in [0.15, 0.2) is 0 Å². The second kappa shape index (κ2) is 6.65. The molecule has 0 aromatic carbocycles. The number of hydrogen-bond donors (Lipinski definition) is 2. The molecule has 102 valence electrons. The molecule has 8 heteroatoms. The van der Waals surface area contributed by atoms with Gasteiger partial charge >= 0.3 is 0 Å². The predicted octanol–water partition coefficient (Wildman–Crippen LogP) is 1.56. The lowest BCUT2D eigenvalue weighted by Gasteiger charge is -2.08. The number of carbonyl (C=O) groups is 1. The van der Waals surface area contributed by atoms with Crippen LogP contribution in [0.1, 0.15) is 13.8 Å². The summed E-state index contributed by atoms with van der Waals surface area (Å²) < 4.78 is 26.7. The van der Waals surface area contributed by atoms with Crippen LogP contribution in [0, 0.1) is 5.92 Å². The lowest BCUT2D eigenvalue weighted by molar-refractivity contribution is -0.120. The van der Waals surface area contributed by atoms with Crippen molar-refractivity contribution in [3.05, 3.63) is 15.9 Å². The molecule has 0 unspecified atom stereocenters. The largest absolute Gasteiger partial charge is 0.355 e. The first-order valence-electron chi connectivity index (χ1n) is 5.33. The van der Waals surface area contributed by atoms with E-state index in [1.54, 1.807) is 6.07 Å². The highest BCUT2D eigenvalue weighted by Crippen LogP contribution is 2.25. The molecule has 0 aliphatic heterocycles. The van der Waals surface area contributed by atoms with Gasteiger partial charge in [-0.2, -0.15) is 0 Å². The van der Waals surface area contributed by atoms with Crippen molar-refractivity contribution in [1.29, 1.82) is 0 Å². The molecule has 0 atom stereocenters. The zero-order valence-corrected chi connectivity index (χ0v) is 13.3. The van der Waals surface area contributed by atoms with E-state index in [0.29, 0.717) is 12.5 Å². The SMILES string of the molecule is CC(C)CNC(=O)CNS(=O)(=O)c1ccc(Br)s1. The minimum atomic E-state index is -3.60. The highest BCUT2D eigenvalue weighted by molar-refractivity contribution is 9.11. The second-order valence-electron chi connectivity index (χ2n) is 4.08. The molecule has 0 fully saturated rings. The number of nitrogens with one attached hydrogen (secondary N) is 2. The minimum Gasteiger partial charge on any atom is -0.355 e. The fraction of sp³-hybridized carbons (Fsp3) is 0.500. The third-order valence-electron chi connectivity index (χ3n) is 1.94. The molecule has 1 aromatic heterocycles. The van der Waals surface area contributed by atoms with Crippen LogP contribution < -0.4 is 10.0 Å². The van der Waals surface area contributed by atoms with Crippen LogP contribution in [-0.4, -0.2) is 27.4 Å². The van der Waals surface area contributed by atoms with Gasteiger partial charge in [-0.05, 0) is 34.0 Å². The molecule has 0 saturated heterocycles. The summed E-state index contributed by atoms with van der Waals surface area (Å²) in [6.07, 6.45) is 0. The summed E-state index contributed by atoms with van der Waals surface area (Å²) in [6.45, 7) is 4.22. The Labute approximate surface area is 119 Å². The zero-order chi connectivity index (χ0) is 13.8. The first-order valence-corrected chi connectivity index (χ1v) is 8.42. The molecule has 5 nitrogen and oxygen atoms in total. The van der Waals surface area contributed by atoms with Gasteiger partial charge < -0.3 is 5.32 Å². The maximum absolute atomic E-state index is 11.8. The summed E-state index contributed by atoms with van der Waals surface area (Å²) in [5.41, 5.74) is 0. The van der Waals surface area contributed by atoms with E-state index in [1.807, 2.05) is 13.8 Å². The quantitative estimate of drug-likeness (QED) is 0.813. The molecule has 1 rings (SSSR count). The lowest BCUT2D eigenvalue weighted by atomic mass is 10.2. The van der Waals surface area contributed by atoms with Gasteiger partial charge in [-0.3, -0.25) is 4.79 Å². The van der Waals surface area contributed by atoms with E-state index in [9.17, 15) is 13.2 Å². The van der Waals surface area contributed by atoms with Crippen molar-refractivity contribution < 1.29 is 13.2 Å². The zero-order valence-electron chi connectivity index (χ0n) is 10.1. The number of sulfonamides is 1. The molecule has 0 saturated carbocycles. The molecule has 1 aromatic rings. The highest BCUT2D eigenvalue weighted by atomic mass is 79.9. The van der Waals surface area contributed by atoms with E-state index in [4.69, 9.17) is 0 Å². The molecule has 0 bridgehead atoms. The Morgan fingerprint density at radius 1 is 1.44 bits per heavy atom. The van der Waals surface area contributed by atoms with Crippen LogP contribution in [0.2, 0.25) is 0 Å². The molecular formula is C10H15BrN2O3S2. The fourth-order valence-corrected chi connectivity index (χ4v) is 4.09. The van der Waals surface area contributed by atoms with Gasteiger partial charge in [0, 0.05) is 6.54 Å². The third kappa shape index (κ3) is 5.05. The van der Waals surface area contributed by atoms with Gasteiger partial charge in [0.2, 0.25) is 5.91 Å². The van der Waals surface area contributed by atoms with Gasteiger partial charge in [-0.1, -0.05) is 13.8 Å². The molecule has 1 heterocycles. The van der Waals surface area contributed by atoms with Crippen molar-refractivity contribution in [2.45, 2.75) is 18.1 Å². The normalized spacial score (nSPS) is 11.8. The first kappa shape index (κ1) is 15.6. The summed E-state index contributed by atoms with van der Waals surface area (Å²) in [4.78, 5) is 11.4. The van der Waals surface area contributed by atoms with E-state index >= 15 is 0 Å². The van der Waals surface area contributed by atoms with Gasteiger partial charge in [-0.15, -0.1) is 11.3 Å². The van der Waals surface area contributed by atoms with Gasteiger partial charge in [-0.25, -0.2) is 13.1 Å². The summed E-state index contributed by atoms with van der Waals surface area (Å²) in [7, 11) is -3.60. The average molecular weight is 355 g/mol. The molecule has 0 radical (unpaired) electrons. The smallest absolute Gasteiger partial charge is 0.250 e. The van der Waals surface area contributed by atoms with Gasteiger partial charge in [0.05, 0.1) is 10.3 Å². The van der Waals surface area contributed by atoms with Crippen molar-refractivity contribution >= 4 is 43.2 Å². The molecular weight excluding hydrogens is 340 g/mol. The van der Waals surface area contributed by atoms with Gasteiger partial charge in [0.1, 0.15) is 4.21 Å². The average Bonchev–Trinajstić information content (AvgIpc) is 2.71. The van der Waals surface area contributed by atoms with E-state index in [-0.39, 0.29) is 16.7 Å². The van der Waals surface area contributed by atoms with Crippen molar-refractivity contribution in [2.75, 3.05) is 13.1 Å². The number of rotatable bonds is 6. The Balaban J connectivity index is 2.50. The third-order valence-corrected chi connectivity index (χ3v) is 5.46. The lowest BCUT2D eigenvalue weighted by Crippen LogP contribution is -2.38. The molecule has 0 spiro atoms. The monoisotopic (exact) mass is 354 g/mol. The van der Waals surface area contributed by atoms with E-state index in [1.165, 1.54) is 6.07 Å². The predicted molar refractivity (Wildman–Crippen MR) is 75.1 cm³/mol. The van der Waals surface area contributed by atoms with Crippen molar-refractivity contribution in [2.24, 2.45) is 5.92 Å². The number of halogens is 1. The van der Waals surface area contributed by atoms with E-state index in [2.05, 4.69) is 26.0 Å². The fourth-order valence-electron chi connectivity index (χ4n) is 1.05. The second-order valence-corrected chi connectivity index (χ2v) is 8.54. The Morgan fingerprint density at radius 2 is 2.11 bits per heavy atom. The highest BCUT2D eigenvalue weighted by Gasteiger charge is 2.17. The maximum Gasteiger partial charge on any atom is 0.250 e. The van der Waals surface area contributed by atoms with Crippen LogP contribution in [0.4, 0.5) is 0 Å². The summed E-state index contributed by atoms with van der Waals surface area (Å²) in [5.74, 6) is 0.00158. The molecule has 18 heavy (non-hydrogen) atoms. The van der Waals surface area contributed by atoms with Crippen molar-refractivity contribution in [1.82, 2.24) is 10.0 Å². The number of hydrogen-bond acceptors (Lipinski definition) is 4. The summed E-state index contributed by atoms with van der Waals surface area (Å²) in [5, 5.41) is 2.64. The topological polar surface area (TPSA) is 75.3 Å². The Bertz CT molecular complexity index is 511. The molecule has 2 N–H and O–H groups in total. The number of carbonyl (C=O) groups excluding carboxylic acids is 1. The Hall–Kier alpha value is -0.440. The van der Waals surface area contributed by atoms with Crippen molar-refractivity contribution in [3.8, 4) is 0 Å². The molecule has 0 aliphatic rings. The minimum absolute atomic E-state index is 0.186. The van der Waals surface area contributed by atoms with Crippen LogP contribution in [0.5, 0.6) is 0 Å². The van der Waals surface area contributed by atoms with E-state index < -0.39 is 10.0 Å². The number of amides is 1. The molecule has 1 amide bonds. The summed E-state index contributed by atoms with van der Waals surface area (Å²) >= 11 is 4.29. The van der Waals surface area contributed by atoms with E-state index in [0.717, 1.165) is 15.1 Å². The van der Waals surface area contributed by atoms with Crippen LogP contribution >= 0.6 is 27.3 Å². The standard InChI is InChI=1S/C10H15BrN2O3S2/c1-7(2)5-12-9(14)6-13-18(15,16)10-4-3-8(11)17-10/h3-4,7,13H,5-6H2,1-2H3,(H,12,14). The van der Waals surface area contributed by atoms with Crippen LogP contribution in [0.25, 0.3) is 0 Å². The summed E-state index contributed by atoms with van der Waals surface area (Å²) in [6, 6.07) is 3.14. The molecule has 0 aliphatic carbocycles. The van der Waals surface area contributed by atoms with Crippen LogP contribution in [0.3, 0.4) is 0 Å². The maximum atomic E-state index is 11.8. The Kier molecular flexibility index (Phi) is 5.77. The Morgan fingerprint density at radius 3 is 2.61 bits per heavy atom. The van der Waals surface area contributed by atoms with Crippen LogP contribution in [-0.2, 0) is 14.8 Å². The first-order chi connectivity index (χ1) is 8.31. The van der Waals surface area contributed by atoms with Crippen molar-refractivity contribution in [3.63, 3.8) is 0 Å². The van der Waals surface area contributed by atoms with Crippen LogP contribution in [0.15, 0.2) is 20.1 Å². The van der Waals surface area contributed by atoms with Gasteiger partial charge in [0.25, 0.3) is 10.0 Å².